The molecule has 0 aliphatic carbocycles. The van der Waals surface area contributed by atoms with Crippen molar-refractivity contribution in [2.45, 2.75) is 16.8 Å². The van der Waals surface area contributed by atoms with E-state index in [0.29, 0.717) is 5.25 Å². The normalized spacial score (nSPS) is 12.0. The fraction of sp³-hybridized carbons (Fsp3) is 0.182. The second-order valence-electron chi connectivity index (χ2n) is 5.70. The molecule has 3 aromatic rings. The van der Waals surface area contributed by atoms with Gasteiger partial charge >= 0.3 is 0 Å². The van der Waals surface area contributed by atoms with Gasteiger partial charge in [0.1, 0.15) is 0 Å². The first-order valence-corrected chi connectivity index (χ1v) is 10.4. The van der Waals surface area contributed by atoms with E-state index in [1.807, 2.05) is 23.5 Å². The fourth-order valence-corrected chi connectivity index (χ4v) is 5.10. The molecular weight excluding hydrogens is 328 g/mol. The lowest BCUT2D eigenvalue weighted by atomic mass is 10.2. The van der Waals surface area contributed by atoms with E-state index >= 15 is 0 Å². The first kappa shape index (κ1) is 17.2. The van der Waals surface area contributed by atoms with E-state index in [4.69, 9.17) is 0 Å². The van der Waals surface area contributed by atoms with Crippen LogP contribution in [0.2, 0.25) is 0 Å². The van der Waals surface area contributed by atoms with Gasteiger partial charge in [0.2, 0.25) is 0 Å². The van der Waals surface area contributed by atoms with Gasteiger partial charge in [0.25, 0.3) is 0 Å². The molecule has 0 aromatic heterocycles. The maximum atomic E-state index is 2.26. The summed E-state index contributed by atoms with van der Waals surface area (Å²) in [5.74, 6) is 3.28. The highest BCUT2D eigenvalue weighted by Gasteiger charge is 2.12. The molecule has 0 nitrogen and oxygen atoms in total. The Morgan fingerprint density at radius 1 is 0.583 bits per heavy atom. The van der Waals surface area contributed by atoms with Gasteiger partial charge in [-0.2, -0.15) is 11.8 Å². The summed E-state index contributed by atoms with van der Waals surface area (Å²) in [5, 5.41) is 0.528. The zero-order chi connectivity index (χ0) is 16.5. The first-order chi connectivity index (χ1) is 11.9. The topological polar surface area (TPSA) is 0 Å². The van der Waals surface area contributed by atoms with Gasteiger partial charge in [-0.05, 0) is 16.7 Å². The molecule has 2 heteroatoms. The summed E-state index contributed by atoms with van der Waals surface area (Å²) in [5.41, 5.74) is 4.23. The van der Waals surface area contributed by atoms with E-state index < -0.39 is 0 Å². The molecular formula is C22H22S2. The highest BCUT2D eigenvalue weighted by molar-refractivity contribution is 8.02. The molecule has 0 fully saturated rings. The Kier molecular flexibility index (Phi) is 6.88. The molecule has 0 radical (unpaired) electrons. The first-order valence-electron chi connectivity index (χ1n) is 8.24. The predicted octanol–water partition coefficient (Wildman–Crippen LogP) is 6.59. The molecule has 1 unspecified atom stereocenters. The predicted molar refractivity (Wildman–Crippen MR) is 110 cm³/mol. The summed E-state index contributed by atoms with van der Waals surface area (Å²) >= 11 is 4.07. The summed E-state index contributed by atoms with van der Waals surface area (Å²) in [4.78, 5) is 0. The van der Waals surface area contributed by atoms with Crippen LogP contribution in [0.3, 0.4) is 0 Å². The van der Waals surface area contributed by atoms with Gasteiger partial charge in [0.05, 0.1) is 0 Å². The molecule has 1 atom stereocenters. The summed E-state index contributed by atoms with van der Waals surface area (Å²) in [6, 6.07) is 32.4. The molecule has 0 aliphatic heterocycles. The smallest absolute Gasteiger partial charge is 0.0391 e. The van der Waals surface area contributed by atoms with Crippen LogP contribution in [-0.2, 0) is 11.5 Å². The molecule has 0 saturated heterocycles. The highest BCUT2D eigenvalue weighted by Crippen LogP contribution is 2.35. The van der Waals surface area contributed by atoms with Gasteiger partial charge < -0.3 is 0 Å². The van der Waals surface area contributed by atoms with Gasteiger partial charge in [-0.3, -0.25) is 0 Å². The number of hydrogen-bond donors (Lipinski definition) is 0. The van der Waals surface area contributed by atoms with Crippen LogP contribution in [0.15, 0.2) is 91.0 Å². The summed E-state index contributed by atoms with van der Waals surface area (Å²) in [6.45, 7) is 0. The Balaban J connectivity index is 1.59. The quantitative estimate of drug-likeness (QED) is 0.449. The molecule has 0 spiro atoms. The van der Waals surface area contributed by atoms with Crippen molar-refractivity contribution < 1.29 is 0 Å². The lowest BCUT2D eigenvalue weighted by molar-refractivity contribution is 1.11. The van der Waals surface area contributed by atoms with Crippen molar-refractivity contribution in [1.82, 2.24) is 0 Å². The van der Waals surface area contributed by atoms with Crippen LogP contribution in [0.5, 0.6) is 0 Å². The molecule has 0 saturated carbocycles. The number of rotatable bonds is 8. The maximum Gasteiger partial charge on any atom is 0.0391 e. The van der Waals surface area contributed by atoms with Crippen molar-refractivity contribution in [1.29, 1.82) is 0 Å². The molecule has 24 heavy (non-hydrogen) atoms. The lowest BCUT2D eigenvalue weighted by Gasteiger charge is -2.17. The van der Waals surface area contributed by atoms with Crippen molar-refractivity contribution in [3.63, 3.8) is 0 Å². The van der Waals surface area contributed by atoms with Gasteiger partial charge in [-0.25, -0.2) is 0 Å². The third kappa shape index (κ3) is 5.47. The van der Waals surface area contributed by atoms with E-state index in [-0.39, 0.29) is 0 Å². The van der Waals surface area contributed by atoms with Crippen molar-refractivity contribution in [2.75, 3.05) is 5.75 Å². The standard InChI is InChI=1S/C22H22S2/c1-4-10-19(11-5-1)16-23-18-22(21-14-8-3-9-15-21)24-17-20-12-6-2-7-13-20/h1-15,22H,16-18H2. The minimum atomic E-state index is 0.528. The largest absolute Gasteiger partial charge is 0.156 e. The van der Waals surface area contributed by atoms with Crippen LogP contribution >= 0.6 is 23.5 Å². The van der Waals surface area contributed by atoms with Crippen molar-refractivity contribution in [3.05, 3.63) is 108 Å². The van der Waals surface area contributed by atoms with Gasteiger partial charge in [-0.1, -0.05) is 91.0 Å². The summed E-state index contributed by atoms with van der Waals surface area (Å²) in [6.07, 6.45) is 0. The molecule has 0 bridgehead atoms. The van der Waals surface area contributed by atoms with Crippen molar-refractivity contribution in [2.24, 2.45) is 0 Å². The minimum Gasteiger partial charge on any atom is -0.156 e. The monoisotopic (exact) mass is 350 g/mol. The van der Waals surface area contributed by atoms with Crippen LogP contribution in [0, 0.1) is 0 Å². The van der Waals surface area contributed by atoms with Gasteiger partial charge in [0.15, 0.2) is 0 Å². The third-order valence-corrected chi connectivity index (χ3v) is 6.50. The minimum absolute atomic E-state index is 0.528. The number of hydrogen-bond acceptors (Lipinski definition) is 2. The van der Waals surface area contributed by atoms with E-state index in [0.717, 1.165) is 17.3 Å². The van der Waals surface area contributed by atoms with Crippen LogP contribution < -0.4 is 0 Å². The second kappa shape index (κ2) is 9.61. The van der Waals surface area contributed by atoms with Gasteiger partial charge in [-0.15, -0.1) is 11.8 Å². The van der Waals surface area contributed by atoms with Crippen LogP contribution in [0.1, 0.15) is 21.9 Å². The van der Waals surface area contributed by atoms with E-state index in [1.54, 1.807) is 0 Å². The summed E-state index contributed by atoms with van der Waals surface area (Å²) in [7, 11) is 0. The van der Waals surface area contributed by atoms with E-state index in [1.165, 1.54) is 16.7 Å². The van der Waals surface area contributed by atoms with Crippen molar-refractivity contribution in [3.8, 4) is 0 Å². The maximum absolute atomic E-state index is 2.26. The second-order valence-corrected chi connectivity index (χ2v) is 7.92. The molecule has 3 rings (SSSR count). The Bertz CT molecular complexity index is 696. The Morgan fingerprint density at radius 3 is 1.67 bits per heavy atom. The third-order valence-electron chi connectivity index (χ3n) is 3.85. The van der Waals surface area contributed by atoms with E-state index in [2.05, 4.69) is 91.0 Å². The van der Waals surface area contributed by atoms with Crippen LogP contribution in [-0.4, -0.2) is 5.75 Å². The summed E-state index contributed by atoms with van der Waals surface area (Å²) < 4.78 is 0. The van der Waals surface area contributed by atoms with E-state index in [9.17, 15) is 0 Å². The zero-order valence-electron chi connectivity index (χ0n) is 13.7. The Hall–Kier alpha value is -1.64. The van der Waals surface area contributed by atoms with Crippen LogP contribution in [0.25, 0.3) is 0 Å². The lowest BCUT2D eigenvalue weighted by Crippen LogP contribution is -1.99. The molecule has 0 aliphatic rings. The zero-order valence-corrected chi connectivity index (χ0v) is 15.3. The molecule has 0 heterocycles. The average Bonchev–Trinajstić information content (AvgIpc) is 2.67. The van der Waals surface area contributed by atoms with Gasteiger partial charge in [0, 0.05) is 22.5 Å². The van der Waals surface area contributed by atoms with Crippen LogP contribution in [0.4, 0.5) is 0 Å². The SMILES string of the molecule is c1ccc(CSCC(SCc2ccccc2)c2ccccc2)cc1. The fourth-order valence-electron chi connectivity index (χ4n) is 2.54. The Labute approximate surface area is 153 Å². The van der Waals surface area contributed by atoms with Crippen molar-refractivity contribution >= 4 is 23.5 Å². The molecule has 0 amide bonds. The molecule has 0 N–H and O–H groups in total. The molecule has 122 valence electrons. The molecule has 3 aromatic carbocycles. The average molecular weight is 351 g/mol. The Morgan fingerprint density at radius 2 is 1.08 bits per heavy atom. The highest BCUT2D eigenvalue weighted by atomic mass is 32.2. The number of thioether (sulfide) groups is 2. The number of benzene rings is 3.